The Labute approximate surface area is 124 Å². The Morgan fingerprint density at radius 1 is 1.32 bits per heavy atom. The summed E-state index contributed by atoms with van der Waals surface area (Å²) < 4.78 is 37.6. The lowest BCUT2D eigenvalue weighted by Crippen LogP contribution is -2.37. The highest BCUT2D eigenvalue weighted by Gasteiger charge is 2.32. The van der Waals surface area contributed by atoms with Crippen LogP contribution in [-0.4, -0.2) is 43.0 Å². The Morgan fingerprint density at radius 2 is 1.95 bits per heavy atom. The zero-order valence-electron chi connectivity index (χ0n) is 11.9. The average Bonchev–Trinajstić information content (AvgIpc) is 2.41. The number of nitro benzene ring substituents is 1. The first-order valence-electron chi connectivity index (χ1n) is 6.17. The molecule has 0 saturated heterocycles. The van der Waals surface area contributed by atoms with Gasteiger partial charge in [-0.2, -0.15) is 13.2 Å². The largest absolute Gasteiger partial charge is 0.416 e. The summed E-state index contributed by atoms with van der Waals surface area (Å²) in [5.74, 6) is 0. The van der Waals surface area contributed by atoms with E-state index in [9.17, 15) is 28.1 Å². The van der Waals surface area contributed by atoms with Crippen molar-refractivity contribution in [1.82, 2.24) is 10.2 Å². The van der Waals surface area contributed by atoms with Crippen LogP contribution in [0.2, 0.25) is 0 Å². The fourth-order valence-electron chi connectivity index (χ4n) is 1.53. The monoisotopic (exact) mass is 320 g/mol. The van der Waals surface area contributed by atoms with Crippen LogP contribution in [0.5, 0.6) is 0 Å². The van der Waals surface area contributed by atoms with Crippen LogP contribution >= 0.6 is 0 Å². The molecule has 0 fully saturated rings. The normalized spacial score (nSPS) is 11.0. The van der Waals surface area contributed by atoms with Crippen LogP contribution < -0.4 is 10.6 Å². The maximum Gasteiger partial charge on any atom is 0.416 e. The second-order valence-corrected chi connectivity index (χ2v) is 4.54. The molecule has 2 amide bonds. The third-order valence-corrected chi connectivity index (χ3v) is 2.64. The summed E-state index contributed by atoms with van der Waals surface area (Å²) in [6.45, 7) is 0.293. The molecule has 7 nitrogen and oxygen atoms in total. The van der Waals surface area contributed by atoms with Gasteiger partial charge in [-0.25, -0.2) is 4.79 Å². The molecule has 10 heteroatoms. The molecule has 0 heterocycles. The zero-order valence-corrected chi connectivity index (χ0v) is 11.9. The molecule has 22 heavy (non-hydrogen) atoms. The number of rotatable bonds is 5. The zero-order chi connectivity index (χ0) is 16.9. The topological polar surface area (TPSA) is 87.5 Å². The quantitative estimate of drug-likeness (QED) is 0.495. The second kappa shape index (κ2) is 6.96. The number of halogens is 3. The highest BCUT2D eigenvalue weighted by atomic mass is 19.4. The Balaban J connectivity index is 2.75. The summed E-state index contributed by atoms with van der Waals surface area (Å²) >= 11 is 0. The van der Waals surface area contributed by atoms with Crippen LogP contribution in [0.3, 0.4) is 0 Å². The van der Waals surface area contributed by atoms with Crippen molar-refractivity contribution in [3.05, 3.63) is 33.9 Å². The van der Waals surface area contributed by atoms with Gasteiger partial charge in [0.25, 0.3) is 5.69 Å². The molecule has 0 spiro atoms. The van der Waals surface area contributed by atoms with Gasteiger partial charge in [-0.15, -0.1) is 0 Å². The molecule has 0 saturated carbocycles. The van der Waals surface area contributed by atoms with E-state index in [1.165, 1.54) is 4.90 Å². The molecule has 1 rings (SSSR count). The maximum absolute atomic E-state index is 12.5. The second-order valence-electron chi connectivity index (χ2n) is 4.54. The van der Waals surface area contributed by atoms with Crippen molar-refractivity contribution in [2.45, 2.75) is 6.18 Å². The molecule has 0 aliphatic heterocycles. The maximum atomic E-state index is 12.5. The van der Waals surface area contributed by atoms with Crippen molar-refractivity contribution in [2.75, 3.05) is 32.5 Å². The number of nitro groups is 1. The van der Waals surface area contributed by atoms with Gasteiger partial charge in [0.2, 0.25) is 0 Å². The van der Waals surface area contributed by atoms with Crippen LogP contribution in [0.4, 0.5) is 29.3 Å². The molecule has 0 bridgehead atoms. The van der Waals surface area contributed by atoms with Gasteiger partial charge in [-0.3, -0.25) is 10.1 Å². The molecular formula is C12H15F3N4O3. The molecule has 0 atom stereocenters. The number of hydrogen-bond donors (Lipinski definition) is 2. The highest BCUT2D eigenvalue weighted by Crippen LogP contribution is 2.34. The number of nitrogens with zero attached hydrogens (tertiary/aromatic N) is 2. The number of carbonyl (C=O) groups excluding carboxylic acids is 1. The van der Waals surface area contributed by atoms with Crippen molar-refractivity contribution in [3.63, 3.8) is 0 Å². The standard InChI is InChI=1S/C12H15F3N4O3/c1-18(2)11(20)17-6-5-16-9-4-3-8(12(13,14)15)7-10(9)19(21)22/h3-4,7,16H,5-6H2,1-2H3,(H,17,20). The summed E-state index contributed by atoms with van der Waals surface area (Å²) in [6, 6.07) is 1.88. The number of carbonyl (C=O) groups is 1. The van der Waals surface area contributed by atoms with Crippen LogP contribution in [0.25, 0.3) is 0 Å². The molecule has 2 N–H and O–H groups in total. The molecule has 0 aliphatic rings. The van der Waals surface area contributed by atoms with Gasteiger partial charge in [0.05, 0.1) is 10.5 Å². The lowest BCUT2D eigenvalue weighted by molar-refractivity contribution is -0.384. The third kappa shape index (κ3) is 4.79. The van der Waals surface area contributed by atoms with Crippen LogP contribution in [-0.2, 0) is 6.18 Å². The fraction of sp³-hybridized carbons (Fsp3) is 0.417. The molecule has 1 aromatic rings. The van der Waals surface area contributed by atoms with E-state index in [0.717, 1.165) is 12.1 Å². The summed E-state index contributed by atoms with van der Waals surface area (Å²) in [6.07, 6.45) is -4.65. The molecular weight excluding hydrogens is 305 g/mol. The van der Waals surface area contributed by atoms with Crippen molar-refractivity contribution < 1.29 is 22.9 Å². The van der Waals surface area contributed by atoms with Gasteiger partial charge < -0.3 is 15.5 Å². The number of hydrogen-bond acceptors (Lipinski definition) is 4. The van der Waals surface area contributed by atoms with E-state index in [2.05, 4.69) is 10.6 Å². The van der Waals surface area contributed by atoms with Gasteiger partial charge in [-0.05, 0) is 12.1 Å². The van der Waals surface area contributed by atoms with Crippen molar-refractivity contribution >= 4 is 17.4 Å². The minimum Gasteiger partial charge on any atom is -0.378 e. The first kappa shape index (κ1) is 17.5. The van der Waals surface area contributed by atoms with E-state index in [4.69, 9.17) is 0 Å². The van der Waals surface area contributed by atoms with Crippen molar-refractivity contribution in [3.8, 4) is 0 Å². The van der Waals surface area contributed by atoms with Crippen LogP contribution in [0, 0.1) is 10.1 Å². The molecule has 0 unspecified atom stereocenters. The molecule has 0 aliphatic carbocycles. The Hall–Kier alpha value is -2.52. The third-order valence-electron chi connectivity index (χ3n) is 2.64. The molecule has 0 aromatic heterocycles. The smallest absolute Gasteiger partial charge is 0.378 e. The fourth-order valence-corrected chi connectivity index (χ4v) is 1.53. The predicted molar refractivity (Wildman–Crippen MR) is 73.7 cm³/mol. The number of amides is 2. The summed E-state index contributed by atoms with van der Waals surface area (Å²) in [7, 11) is 3.09. The van der Waals surface area contributed by atoms with Crippen LogP contribution in [0.1, 0.15) is 5.56 Å². The SMILES string of the molecule is CN(C)C(=O)NCCNc1ccc(C(F)(F)F)cc1[N+](=O)[O-]. The van der Waals surface area contributed by atoms with E-state index in [0.29, 0.717) is 6.07 Å². The van der Waals surface area contributed by atoms with E-state index >= 15 is 0 Å². The van der Waals surface area contributed by atoms with Gasteiger partial charge in [-0.1, -0.05) is 0 Å². The first-order chi connectivity index (χ1) is 10.1. The highest BCUT2D eigenvalue weighted by molar-refractivity contribution is 5.73. The average molecular weight is 320 g/mol. The number of alkyl halides is 3. The van der Waals surface area contributed by atoms with Gasteiger partial charge >= 0.3 is 12.2 Å². The summed E-state index contributed by atoms with van der Waals surface area (Å²) in [5.41, 5.74) is -1.81. The van der Waals surface area contributed by atoms with Gasteiger partial charge in [0, 0.05) is 33.3 Å². The Morgan fingerprint density at radius 3 is 2.45 bits per heavy atom. The first-order valence-corrected chi connectivity index (χ1v) is 6.17. The minimum atomic E-state index is -4.65. The lowest BCUT2D eigenvalue weighted by atomic mass is 10.1. The number of urea groups is 1. The number of anilines is 1. The lowest BCUT2D eigenvalue weighted by Gasteiger charge is -2.13. The Kier molecular flexibility index (Phi) is 5.55. The van der Waals surface area contributed by atoms with E-state index in [1.807, 2.05) is 0 Å². The van der Waals surface area contributed by atoms with Gasteiger partial charge in [0.1, 0.15) is 5.69 Å². The molecule has 0 radical (unpaired) electrons. The molecule has 1 aromatic carbocycles. The van der Waals surface area contributed by atoms with E-state index in [-0.39, 0.29) is 24.8 Å². The number of benzene rings is 1. The van der Waals surface area contributed by atoms with Gasteiger partial charge in [0.15, 0.2) is 0 Å². The van der Waals surface area contributed by atoms with E-state index < -0.39 is 22.4 Å². The minimum absolute atomic E-state index is 0.0443. The van der Waals surface area contributed by atoms with Crippen molar-refractivity contribution in [1.29, 1.82) is 0 Å². The molecule has 122 valence electrons. The van der Waals surface area contributed by atoms with E-state index in [1.54, 1.807) is 14.1 Å². The predicted octanol–water partition coefficient (Wildman–Crippen LogP) is 2.30. The van der Waals surface area contributed by atoms with Crippen LogP contribution in [0.15, 0.2) is 18.2 Å². The summed E-state index contributed by atoms with van der Waals surface area (Å²) in [4.78, 5) is 22.5. The van der Waals surface area contributed by atoms with Crippen molar-refractivity contribution in [2.24, 2.45) is 0 Å². The summed E-state index contributed by atoms with van der Waals surface area (Å²) in [5, 5.41) is 16.0. The number of nitrogens with one attached hydrogen (secondary N) is 2. The Bertz CT molecular complexity index is 561.